The number of aryl methyl sites for hydroxylation is 1. The molecule has 1 aliphatic rings. The summed E-state index contributed by atoms with van der Waals surface area (Å²) in [5, 5.41) is 12.6. The Kier molecular flexibility index (Phi) is 2.49. The van der Waals surface area contributed by atoms with Crippen molar-refractivity contribution in [1.29, 1.82) is 0 Å². The number of alkyl halides is 3. The maximum absolute atomic E-state index is 12.4. The van der Waals surface area contributed by atoms with Crippen LogP contribution in [0.15, 0.2) is 6.07 Å². The second kappa shape index (κ2) is 3.48. The average Bonchev–Trinajstić information content (AvgIpc) is 2.85. The Labute approximate surface area is 90.9 Å². The van der Waals surface area contributed by atoms with Crippen molar-refractivity contribution < 1.29 is 18.3 Å². The van der Waals surface area contributed by atoms with Gasteiger partial charge in [0.05, 0.1) is 0 Å². The molecule has 0 atom stereocenters. The molecule has 2 rings (SSSR count). The number of aliphatic hydroxyl groups excluding tert-OH is 1. The van der Waals surface area contributed by atoms with E-state index in [2.05, 4.69) is 5.10 Å². The van der Waals surface area contributed by atoms with Crippen molar-refractivity contribution in [3.63, 3.8) is 0 Å². The second-order valence-electron chi connectivity index (χ2n) is 4.48. The molecule has 1 heterocycles. The molecule has 1 aromatic rings. The summed E-state index contributed by atoms with van der Waals surface area (Å²) in [5.41, 5.74) is -0.533. The van der Waals surface area contributed by atoms with Crippen LogP contribution in [-0.4, -0.2) is 21.5 Å². The fourth-order valence-electron chi connectivity index (χ4n) is 1.76. The van der Waals surface area contributed by atoms with E-state index in [0.717, 1.165) is 18.9 Å². The Bertz CT molecular complexity index is 393. The lowest BCUT2D eigenvalue weighted by Gasteiger charge is -2.10. The van der Waals surface area contributed by atoms with Crippen LogP contribution in [0.4, 0.5) is 13.2 Å². The van der Waals surface area contributed by atoms with Gasteiger partial charge in [0.15, 0.2) is 5.69 Å². The number of halogens is 3. The standard InChI is InChI=1S/C10H13F3N2O/c1-15-7(5-9(6-16)2-3-9)4-8(14-15)10(11,12)13/h4,16H,2-3,5-6H2,1H3. The van der Waals surface area contributed by atoms with Crippen LogP contribution in [0.1, 0.15) is 24.2 Å². The molecular formula is C10H13F3N2O. The highest BCUT2D eigenvalue weighted by molar-refractivity contribution is 5.16. The van der Waals surface area contributed by atoms with Crippen LogP contribution in [-0.2, 0) is 19.6 Å². The van der Waals surface area contributed by atoms with Gasteiger partial charge in [0.1, 0.15) is 0 Å². The maximum Gasteiger partial charge on any atom is 0.435 e. The molecule has 0 aliphatic heterocycles. The number of nitrogens with zero attached hydrogens (tertiary/aromatic N) is 2. The Morgan fingerprint density at radius 1 is 1.50 bits per heavy atom. The van der Waals surface area contributed by atoms with Crippen molar-refractivity contribution in [3.8, 4) is 0 Å². The number of hydrogen-bond acceptors (Lipinski definition) is 2. The van der Waals surface area contributed by atoms with Gasteiger partial charge in [0.2, 0.25) is 0 Å². The van der Waals surface area contributed by atoms with E-state index >= 15 is 0 Å². The lowest BCUT2D eigenvalue weighted by molar-refractivity contribution is -0.141. The first kappa shape index (κ1) is 11.4. The fraction of sp³-hybridized carbons (Fsp3) is 0.700. The van der Waals surface area contributed by atoms with Crippen LogP contribution in [0.3, 0.4) is 0 Å². The highest BCUT2D eigenvalue weighted by Gasteiger charge is 2.43. The van der Waals surface area contributed by atoms with E-state index < -0.39 is 11.9 Å². The van der Waals surface area contributed by atoms with Crippen molar-refractivity contribution in [2.75, 3.05) is 6.61 Å². The maximum atomic E-state index is 12.4. The summed E-state index contributed by atoms with van der Waals surface area (Å²) in [5.74, 6) is 0. The van der Waals surface area contributed by atoms with Gasteiger partial charge < -0.3 is 5.11 Å². The summed E-state index contributed by atoms with van der Waals surface area (Å²) in [6.07, 6.45) is -2.19. The smallest absolute Gasteiger partial charge is 0.396 e. The SMILES string of the molecule is Cn1nc(C(F)(F)F)cc1CC1(CO)CC1. The van der Waals surface area contributed by atoms with E-state index in [1.54, 1.807) is 0 Å². The van der Waals surface area contributed by atoms with Gasteiger partial charge >= 0.3 is 6.18 Å². The minimum atomic E-state index is -4.40. The average molecular weight is 234 g/mol. The van der Waals surface area contributed by atoms with Crippen molar-refractivity contribution >= 4 is 0 Å². The Hall–Kier alpha value is -1.04. The first-order valence-electron chi connectivity index (χ1n) is 5.07. The zero-order valence-corrected chi connectivity index (χ0v) is 8.88. The zero-order valence-electron chi connectivity index (χ0n) is 8.88. The Balaban J connectivity index is 2.19. The number of rotatable bonds is 3. The van der Waals surface area contributed by atoms with Gasteiger partial charge in [-0.05, 0) is 30.7 Å². The molecule has 1 fully saturated rings. The van der Waals surface area contributed by atoms with Crippen LogP contribution in [0.5, 0.6) is 0 Å². The van der Waals surface area contributed by atoms with E-state index in [9.17, 15) is 13.2 Å². The third-order valence-corrected chi connectivity index (χ3v) is 3.12. The molecule has 3 nitrogen and oxygen atoms in total. The molecule has 1 saturated carbocycles. The van der Waals surface area contributed by atoms with Crippen LogP contribution in [0.2, 0.25) is 0 Å². The molecule has 0 spiro atoms. The highest BCUT2D eigenvalue weighted by atomic mass is 19.4. The van der Waals surface area contributed by atoms with Crippen molar-refractivity contribution in [3.05, 3.63) is 17.5 Å². The summed E-state index contributed by atoms with van der Waals surface area (Å²) in [6, 6.07) is 1.07. The van der Waals surface area contributed by atoms with Gasteiger partial charge in [-0.1, -0.05) is 0 Å². The second-order valence-corrected chi connectivity index (χ2v) is 4.48. The molecular weight excluding hydrogens is 221 g/mol. The van der Waals surface area contributed by atoms with Gasteiger partial charge in [-0.25, -0.2) is 0 Å². The summed E-state index contributed by atoms with van der Waals surface area (Å²) >= 11 is 0. The van der Waals surface area contributed by atoms with E-state index in [1.165, 1.54) is 11.7 Å². The van der Waals surface area contributed by atoms with Gasteiger partial charge in [0, 0.05) is 19.3 Å². The van der Waals surface area contributed by atoms with Crippen LogP contribution >= 0.6 is 0 Å². The fourth-order valence-corrected chi connectivity index (χ4v) is 1.76. The highest BCUT2D eigenvalue weighted by Crippen LogP contribution is 2.48. The monoisotopic (exact) mass is 234 g/mol. The van der Waals surface area contributed by atoms with Gasteiger partial charge in [-0.2, -0.15) is 18.3 Å². The topological polar surface area (TPSA) is 38.0 Å². The van der Waals surface area contributed by atoms with Crippen LogP contribution in [0, 0.1) is 5.41 Å². The molecule has 0 amide bonds. The first-order valence-corrected chi connectivity index (χ1v) is 5.07. The zero-order chi connectivity index (χ0) is 12.0. The largest absolute Gasteiger partial charge is 0.435 e. The first-order chi connectivity index (χ1) is 7.36. The molecule has 16 heavy (non-hydrogen) atoms. The van der Waals surface area contributed by atoms with Crippen molar-refractivity contribution in [2.24, 2.45) is 12.5 Å². The molecule has 90 valence electrons. The third-order valence-electron chi connectivity index (χ3n) is 3.12. The summed E-state index contributed by atoms with van der Waals surface area (Å²) in [6.45, 7) is 0.0273. The van der Waals surface area contributed by atoms with E-state index in [4.69, 9.17) is 5.11 Å². The van der Waals surface area contributed by atoms with E-state index in [-0.39, 0.29) is 12.0 Å². The number of hydrogen-bond donors (Lipinski definition) is 1. The lowest BCUT2D eigenvalue weighted by atomic mass is 10.0. The van der Waals surface area contributed by atoms with E-state index in [0.29, 0.717) is 12.1 Å². The lowest BCUT2D eigenvalue weighted by Crippen LogP contribution is -2.12. The summed E-state index contributed by atoms with van der Waals surface area (Å²) < 4.78 is 38.4. The predicted octanol–water partition coefficient (Wildman–Crippen LogP) is 1.75. The van der Waals surface area contributed by atoms with E-state index in [1.807, 2.05) is 0 Å². The predicted molar refractivity (Wildman–Crippen MR) is 50.7 cm³/mol. The molecule has 1 aliphatic carbocycles. The molecule has 0 bridgehead atoms. The summed E-state index contributed by atoms with van der Waals surface area (Å²) in [4.78, 5) is 0. The molecule has 1 N–H and O–H groups in total. The molecule has 0 unspecified atom stereocenters. The van der Waals surface area contributed by atoms with Crippen molar-refractivity contribution in [1.82, 2.24) is 9.78 Å². The molecule has 0 radical (unpaired) electrons. The van der Waals surface area contributed by atoms with Crippen LogP contribution < -0.4 is 0 Å². The Morgan fingerprint density at radius 2 is 2.12 bits per heavy atom. The molecule has 0 saturated heterocycles. The Morgan fingerprint density at radius 3 is 2.50 bits per heavy atom. The van der Waals surface area contributed by atoms with Gasteiger partial charge in [-0.15, -0.1) is 0 Å². The van der Waals surface area contributed by atoms with Gasteiger partial charge in [0.25, 0.3) is 0 Å². The molecule has 6 heteroatoms. The number of aliphatic hydroxyl groups is 1. The van der Waals surface area contributed by atoms with Crippen LogP contribution in [0.25, 0.3) is 0 Å². The van der Waals surface area contributed by atoms with Crippen molar-refractivity contribution in [2.45, 2.75) is 25.4 Å². The summed E-state index contributed by atoms with van der Waals surface area (Å²) in [7, 11) is 1.50. The number of aromatic nitrogens is 2. The third kappa shape index (κ3) is 2.07. The normalized spacial score (nSPS) is 18.8. The van der Waals surface area contributed by atoms with Gasteiger partial charge in [-0.3, -0.25) is 4.68 Å². The minimum Gasteiger partial charge on any atom is -0.396 e. The molecule has 0 aromatic carbocycles. The molecule has 1 aromatic heterocycles. The minimum absolute atomic E-state index is 0.0273. The quantitative estimate of drug-likeness (QED) is 0.865.